The Kier molecular flexibility index (Phi) is 15.9. The molecule has 0 radical (unpaired) electrons. The van der Waals surface area contributed by atoms with Crippen molar-refractivity contribution < 1.29 is 34.2 Å². The van der Waals surface area contributed by atoms with Gasteiger partial charge in [0.05, 0.1) is 0 Å². The van der Waals surface area contributed by atoms with Crippen molar-refractivity contribution in [3.05, 3.63) is 12.2 Å². The molecular formula is C8H19O7P. The minimum Gasteiger partial charge on any atom is -0.303 e. The molecule has 0 saturated carbocycles. The van der Waals surface area contributed by atoms with Gasteiger partial charge in [-0.2, -0.15) is 5.26 Å². The highest BCUT2D eigenvalue weighted by molar-refractivity contribution is 7.45. The summed E-state index contributed by atoms with van der Waals surface area (Å²) in [5, 5.41) is 7.59. The summed E-state index contributed by atoms with van der Waals surface area (Å²) in [6, 6.07) is 0. The molecule has 0 bridgehead atoms. The average molecular weight is 258 g/mol. The molecule has 0 spiro atoms. The van der Waals surface area contributed by atoms with Crippen molar-refractivity contribution >= 4 is 13.8 Å². The van der Waals surface area contributed by atoms with Gasteiger partial charge in [-0.15, -0.1) is 0 Å². The van der Waals surface area contributed by atoms with E-state index >= 15 is 0 Å². The summed E-state index contributed by atoms with van der Waals surface area (Å²) in [6.45, 7) is 9.00. The van der Waals surface area contributed by atoms with Gasteiger partial charge in [0.25, 0.3) is 0 Å². The molecule has 0 fully saturated rings. The van der Waals surface area contributed by atoms with Crippen LogP contribution < -0.4 is 0 Å². The molecule has 0 heterocycles. The van der Waals surface area contributed by atoms with Gasteiger partial charge >= 0.3 is 13.8 Å². The van der Waals surface area contributed by atoms with E-state index in [0.717, 1.165) is 0 Å². The Bertz CT molecular complexity index is 222. The normalized spacial score (nSPS) is 8.94. The predicted octanol–water partition coefficient (Wildman–Crippen LogP) is 1.46. The zero-order chi connectivity index (χ0) is 13.8. The van der Waals surface area contributed by atoms with Crippen LogP contribution in [-0.4, -0.2) is 25.9 Å². The molecule has 7 nitrogen and oxygen atoms in total. The van der Waals surface area contributed by atoms with E-state index in [4.69, 9.17) is 24.5 Å². The second kappa shape index (κ2) is 12.4. The number of carbonyl (C=O) groups is 1. The molecule has 0 aromatic heterocycles. The third-order valence-electron chi connectivity index (χ3n) is 0.931. The Morgan fingerprint density at radius 1 is 1.25 bits per heavy atom. The molecule has 0 rings (SSSR count). The minimum atomic E-state index is -4.64. The van der Waals surface area contributed by atoms with Crippen molar-refractivity contribution in [2.45, 2.75) is 33.6 Å². The van der Waals surface area contributed by atoms with Crippen LogP contribution in [0.25, 0.3) is 0 Å². The Balaban J connectivity index is -0.000000166. The molecule has 0 aliphatic rings. The van der Waals surface area contributed by atoms with Gasteiger partial charge in [-0.3, -0.25) is 4.89 Å². The predicted molar refractivity (Wildman–Crippen MR) is 58.4 cm³/mol. The van der Waals surface area contributed by atoms with E-state index in [1.54, 1.807) is 0 Å². The van der Waals surface area contributed by atoms with Crippen molar-refractivity contribution in [1.29, 1.82) is 0 Å². The lowest BCUT2D eigenvalue weighted by Gasteiger charge is -1.88. The van der Waals surface area contributed by atoms with Crippen LogP contribution in [0.4, 0.5) is 0 Å². The molecule has 0 saturated heterocycles. The summed E-state index contributed by atoms with van der Waals surface area (Å²) in [5.41, 5.74) is 0.183. The van der Waals surface area contributed by atoms with E-state index < -0.39 is 13.8 Å². The number of hydrogen-bond acceptors (Lipinski definition) is 4. The first-order valence-corrected chi connectivity index (χ1v) is 5.96. The zero-order valence-corrected chi connectivity index (χ0v) is 10.5. The molecule has 98 valence electrons. The van der Waals surface area contributed by atoms with E-state index in [9.17, 15) is 4.79 Å². The third-order valence-corrected chi connectivity index (χ3v) is 0.931. The van der Waals surface area contributed by atoms with Crippen LogP contribution in [0.3, 0.4) is 0 Å². The molecule has 0 aliphatic heterocycles. The summed E-state index contributed by atoms with van der Waals surface area (Å²) >= 11 is 0. The number of rotatable bonds is 2. The fourth-order valence-corrected chi connectivity index (χ4v) is 0.0779. The zero-order valence-electron chi connectivity index (χ0n) is 9.58. The average Bonchev–Trinajstić information content (AvgIpc) is 2.14. The van der Waals surface area contributed by atoms with Gasteiger partial charge in [-0.1, -0.05) is 33.3 Å². The monoisotopic (exact) mass is 258 g/mol. The van der Waals surface area contributed by atoms with Crippen molar-refractivity contribution in [2.75, 3.05) is 0 Å². The molecule has 0 unspecified atom stereocenters. The molecule has 4 N–H and O–H groups in total. The van der Waals surface area contributed by atoms with Crippen LogP contribution >= 0.6 is 7.82 Å². The third kappa shape index (κ3) is 50.8. The van der Waals surface area contributed by atoms with Gasteiger partial charge in [0.1, 0.15) is 0 Å². The summed E-state index contributed by atoms with van der Waals surface area (Å²) in [5.74, 6) is -0.792. The van der Waals surface area contributed by atoms with Gasteiger partial charge in [0.15, 0.2) is 0 Å². The molecule has 8 heteroatoms. The Morgan fingerprint density at radius 2 is 1.50 bits per heavy atom. The molecule has 0 amide bonds. The second-order valence-corrected chi connectivity index (χ2v) is 3.70. The van der Waals surface area contributed by atoms with Crippen molar-refractivity contribution in [3.63, 3.8) is 0 Å². The highest BCUT2D eigenvalue weighted by atomic mass is 31.2. The molecule has 16 heavy (non-hydrogen) atoms. The van der Waals surface area contributed by atoms with Crippen molar-refractivity contribution in [2.24, 2.45) is 0 Å². The van der Waals surface area contributed by atoms with E-state index in [2.05, 4.69) is 25.3 Å². The first kappa shape index (κ1) is 20.7. The SMILES string of the molecule is C=C(C)C(=O)OO.CCCC.O=P(O)(O)O. The van der Waals surface area contributed by atoms with Crippen molar-refractivity contribution in [1.82, 2.24) is 0 Å². The largest absolute Gasteiger partial charge is 0.466 e. The molecule has 0 aromatic rings. The standard InChI is InChI=1S/C4H6O3.C4H10.H3O4P/c1-3(2)4(5)7-6;1-3-4-2;1-5(2,3)4/h6H,1H2,2H3;3-4H2,1-2H3;(H3,1,2,3,4). The lowest BCUT2D eigenvalue weighted by molar-refractivity contribution is -0.229. The van der Waals surface area contributed by atoms with Gasteiger partial charge in [-0.25, -0.2) is 9.36 Å². The molecule has 0 aliphatic carbocycles. The summed E-state index contributed by atoms with van der Waals surface area (Å²) < 4.78 is 8.88. The van der Waals surface area contributed by atoms with Crippen LogP contribution in [0, 0.1) is 0 Å². The van der Waals surface area contributed by atoms with Crippen LogP contribution in [-0.2, 0) is 14.2 Å². The first-order chi connectivity index (χ1) is 7.09. The van der Waals surface area contributed by atoms with E-state index in [1.807, 2.05) is 0 Å². The van der Waals surface area contributed by atoms with Gasteiger partial charge in [0, 0.05) is 5.57 Å². The number of phosphoric acid groups is 1. The topological polar surface area (TPSA) is 124 Å². The summed E-state index contributed by atoms with van der Waals surface area (Å²) in [7, 11) is -4.64. The van der Waals surface area contributed by atoms with Crippen LogP contribution in [0.15, 0.2) is 12.2 Å². The maximum atomic E-state index is 9.94. The number of unbranched alkanes of at least 4 members (excludes halogenated alkanes) is 1. The Morgan fingerprint density at radius 3 is 1.50 bits per heavy atom. The molecular weight excluding hydrogens is 239 g/mol. The maximum Gasteiger partial charge on any atom is 0.466 e. The Labute approximate surface area is 94.5 Å². The second-order valence-electron chi connectivity index (χ2n) is 2.67. The highest BCUT2D eigenvalue weighted by Gasteiger charge is 2.00. The smallest absolute Gasteiger partial charge is 0.303 e. The molecule has 0 aromatic carbocycles. The number of hydrogen-bond donors (Lipinski definition) is 4. The quantitative estimate of drug-likeness (QED) is 0.256. The molecule has 0 atom stereocenters. The van der Waals surface area contributed by atoms with Crippen LogP contribution in [0.2, 0.25) is 0 Å². The highest BCUT2D eigenvalue weighted by Crippen LogP contribution is 2.25. The fourth-order valence-electron chi connectivity index (χ4n) is 0.0779. The Hall–Kier alpha value is -0.720. The van der Waals surface area contributed by atoms with Crippen LogP contribution in [0.5, 0.6) is 0 Å². The van der Waals surface area contributed by atoms with E-state index in [0.29, 0.717) is 0 Å². The maximum absolute atomic E-state index is 9.94. The lowest BCUT2D eigenvalue weighted by atomic mass is 10.4. The van der Waals surface area contributed by atoms with Crippen molar-refractivity contribution in [3.8, 4) is 0 Å². The van der Waals surface area contributed by atoms with Gasteiger partial charge in [-0.05, 0) is 6.92 Å². The first-order valence-electron chi connectivity index (χ1n) is 4.39. The minimum absolute atomic E-state index is 0.183. The van der Waals surface area contributed by atoms with Crippen LogP contribution in [0.1, 0.15) is 33.6 Å². The fraction of sp³-hybridized carbons (Fsp3) is 0.625. The lowest BCUT2D eigenvalue weighted by Crippen LogP contribution is -1.99. The van der Waals surface area contributed by atoms with Gasteiger partial charge in [0.2, 0.25) is 0 Å². The van der Waals surface area contributed by atoms with E-state index in [-0.39, 0.29) is 5.57 Å². The summed E-state index contributed by atoms with van der Waals surface area (Å²) in [6.07, 6.45) is 2.64. The van der Waals surface area contributed by atoms with Gasteiger partial charge < -0.3 is 14.7 Å². The number of carbonyl (C=O) groups excluding carboxylic acids is 1. The van der Waals surface area contributed by atoms with E-state index in [1.165, 1.54) is 19.8 Å². The summed E-state index contributed by atoms with van der Waals surface area (Å²) in [4.78, 5) is 34.8.